The molecule has 4 bridgehead atoms. The summed E-state index contributed by atoms with van der Waals surface area (Å²) in [5, 5.41) is 15.4. The van der Waals surface area contributed by atoms with E-state index in [1.165, 1.54) is 23.1 Å². The number of hydrogen-bond donors (Lipinski definition) is 2. The van der Waals surface area contributed by atoms with E-state index < -0.39 is 12.7 Å². The first-order valence-corrected chi connectivity index (χ1v) is 14.4. The number of halogens is 2. The zero-order valence-electron chi connectivity index (χ0n) is 24.8. The summed E-state index contributed by atoms with van der Waals surface area (Å²) in [5.41, 5.74) is 4.10. The number of hydrogen-bond acceptors (Lipinski definition) is 6. The number of amides is 2. The van der Waals surface area contributed by atoms with Crippen molar-refractivity contribution in [2.45, 2.75) is 45.1 Å². The molecule has 0 radical (unpaired) electrons. The molecule has 10 heteroatoms. The highest BCUT2D eigenvalue weighted by Crippen LogP contribution is 2.35. The van der Waals surface area contributed by atoms with Crippen LogP contribution in [0.4, 0.5) is 20.2 Å². The summed E-state index contributed by atoms with van der Waals surface area (Å²) in [7, 11) is 1.57. The topological polar surface area (TPSA) is 104 Å². The molecule has 2 N–H and O–H groups in total. The highest BCUT2D eigenvalue weighted by Gasteiger charge is 2.28. The van der Waals surface area contributed by atoms with E-state index in [2.05, 4.69) is 16.7 Å². The maximum Gasteiger partial charge on any atom is 0.387 e. The molecule has 0 saturated carbocycles. The molecule has 1 aliphatic heterocycles. The second-order valence-corrected chi connectivity index (χ2v) is 10.9. The molecule has 5 rings (SSSR count). The quantitative estimate of drug-likeness (QED) is 0.234. The summed E-state index contributed by atoms with van der Waals surface area (Å²) in [6.07, 6.45) is 0.0946. The van der Waals surface area contributed by atoms with Crippen molar-refractivity contribution in [3.8, 4) is 17.6 Å². The van der Waals surface area contributed by atoms with Gasteiger partial charge >= 0.3 is 6.61 Å². The van der Waals surface area contributed by atoms with Crippen LogP contribution in [-0.4, -0.2) is 30.4 Å². The molecule has 8 nitrogen and oxygen atoms in total. The molecule has 4 aromatic rings. The lowest BCUT2D eigenvalue weighted by Gasteiger charge is -2.28. The number of likely N-dealkylation sites (N-methyl/N-ethyl adjacent to an activating group) is 1. The number of carbonyl (C=O) groups excluding carboxylic acids is 2. The normalized spacial score (nSPS) is 16.8. The average Bonchev–Trinajstić information content (AvgIpc) is 3.03. The van der Waals surface area contributed by atoms with Crippen LogP contribution >= 0.6 is 0 Å². The Morgan fingerprint density at radius 3 is 2.44 bits per heavy atom. The summed E-state index contributed by atoms with van der Waals surface area (Å²) in [6, 6.07) is 27.4. The Kier molecular flexibility index (Phi) is 9.58. The summed E-state index contributed by atoms with van der Waals surface area (Å²) in [6.45, 7) is -0.917. The molecule has 2 atom stereocenters. The van der Waals surface area contributed by atoms with Crippen molar-refractivity contribution < 1.29 is 27.8 Å². The van der Waals surface area contributed by atoms with E-state index in [1.54, 1.807) is 43.4 Å². The van der Waals surface area contributed by atoms with Crippen LogP contribution in [0.2, 0.25) is 0 Å². The minimum atomic E-state index is -3.07. The standard InChI is InChI=1S/C35H32F2N4O4/c1-22-16-32(42)39-28-13-15-30(45-35(36)37)26(17-28)20-41(2)34(43)33(40-27-11-8-23(19-38)9-12-27)25-10-14-31(29(22)18-25)44-21-24-6-4-3-5-7-24/h3-15,17-18,22,33,35,40H,16,20-21H2,1-2H3,(H,39,42)/t22?,33-/m1/s1. The molecule has 4 aromatic carbocycles. The maximum atomic E-state index is 14.1. The van der Waals surface area contributed by atoms with E-state index in [9.17, 15) is 23.6 Å². The van der Waals surface area contributed by atoms with Crippen LogP contribution in [0.5, 0.6) is 11.5 Å². The Hall–Kier alpha value is -5.43. The van der Waals surface area contributed by atoms with Crippen molar-refractivity contribution in [1.29, 1.82) is 5.26 Å². The van der Waals surface area contributed by atoms with Gasteiger partial charge in [0.1, 0.15) is 24.1 Å². The van der Waals surface area contributed by atoms with Gasteiger partial charge in [0.05, 0.1) is 11.6 Å². The van der Waals surface area contributed by atoms with E-state index in [-0.39, 0.29) is 36.4 Å². The number of ether oxygens (including phenoxy) is 2. The van der Waals surface area contributed by atoms with Gasteiger partial charge in [0.25, 0.3) is 0 Å². The van der Waals surface area contributed by atoms with Crippen LogP contribution in [0.15, 0.2) is 91.0 Å². The number of rotatable bonds is 7. The molecule has 0 aromatic heterocycles. The lowest BCUT2D eigenvalue weighted by atomic mass is 9.92. The lowest BCUT2D eigenvalue weighted by molar-refractivity contribution is -0.131. The summed E-state index contributed by atoms with van der Waals surface area (Å²) in [5.74, 6) is -0.442. The Morgan fingerprint density at radius 2 is 1.73 bits per heavy atom. The Labute approximate surface area is 260 Å². The van der Waals surface area contributed by atoms with E-state index in [4.69, 9.17) is 9.47 Å². The van der Waals surface area contributed by atoms with E-state index >= 15 is 0 Å². The third kappa shape index (κ3) is 7.75. The van der Waals surface area contributed by atoms with Crippen LogP contribution < -0.4 is 20.1 Å². The predicted octanol–water partition coefficient (Wildman–Crippen LogP) is 7.00. The first kappa shape index (κ1) is 31.0. The van der Waals surface area contributed by atoms with Gasteiger partial charge < -0.3 is 25.0 Å². The number of nitrogens with zero attached hydrogens (tertiary/aromatic N) is 2. The monoisotopic (exact) mass is 610 g/mol. The minimum absolute atomic E-state index is 0.0717. The number of fused-ring (bicyclic) bond motifs is 4. The Morgan fingerprint density at radius 1 is 1.00 bits per heavy atom. The molecular weight excluding hydrogens is 578 g/mol. The van der Waals surface area contributed by atoms with Crippen molar-refractivity contribution in [1.82, 2.24) is 4.90 Å². The number of nitriles is 1. The molecule has 1 unspecified atom stereocenters. The fourth-order valence-electron chi connectivity index (χ4n) is 5.24. The van der Waals surface area contributed by atoms with Crippen LogP contribution in [0.3, 0.4) is 0 Å². The smallest absolute Gasteiger partial charge is 0.387 e. The summed E-state index contributed by atoms with van der Waals surface area (Å²) < 4.78 is 37.4. The number of benzene rings is 4. The molecule has 0 aliphatic carbocycles. The third-order valence-corrected chi connectivity index (χ3v) is 7.54. The molecular formula is C35H32F2N4O4. The van der Waals surface area contributed by atoms with Gasteiger partial charge in [-0.05, 0) is 77.2 Å². The van der Waals surface area contributed by atoms with Gasteiger partial charge in [0, 0.05) is 37.0 Å². The fraction of sp³-hybridized carbons (Fsp3) is 0.229. The molecule has 1 heterocycles. The molecule has 0 spiro atoms. The van der Waals surface area contributed by atoms with Crippen molar-refractivity contribution in [2.24, 2.45) is 0 Å². The fourth-order valence-corrected chi connectivity index (χ4v) is 5.24. The number of alkyl halides is 2. The van der Waals surface area contributed by atoms with Crippen molar-refractivity contribution in [3.05, 3.63) is 119 Å². The summed E-state index contributed by atoms with van der Waals surface area (Å²) >= 11 is 0. The van der Waals surface area contributed by atoms with Crippen LogP contribution in [0, 0.1) is 11.3 Å². The van der Waals surface area contributed by atoms with Crippen molar-refractivity contribution in [2.75, 3.05) is 17.7 Å². The first-order valence-electron chi connectivity index (χ1n) is 14.4. The van der Waals surface area contributed by atoms with Gasteiger partial charge in [-0.1, -0.05) is 43.3 Å². The predicted molar refractivity (Wildman–Crippen MR) is 166 cm³/mol. The SMILES string of the molecule is CC1CC(=O)Nc2ccc(OC(F)F)c(c2)CN(C)C(=O)[C@H](Nc2ccc(C#N)cc2)c2ccc(OCc3ccccc3)c1c2. The highest BCUT2D eigenvalue weighted by atomic mass is 19.3. The maximum absolute atomic E-state index is 14.1. The van der Waals surface area contributed by atoms with E-state index in [1.807, 2.05) is 43.3 Å². The molecule has 1 aliphatic rings. The number of anilines is 2. The van der Waals surface area contributed by atoms with Crippen LogP contribution in [-0.2, 0) is 22.7 Å². The van der Waals surface area contributed by atoms with Gasteiger partial charge in [0.15, 0.2) is 0 Å². The van der Waals surface area contributed by atoms with E-state index in [0.29, 0.717) is 40.4 Å². The molecule has 230 valence electrons. The minimum Gasteiger partial charge on any atom is -0.489 e. The summed E-state index contributed by atoms with van der Waals surface area (Å²) in [4.78, 5) is 28.7. The van der Waals surface area contributed by atoms with Gasteiger partial charge in [-0.2, -0.15) is 14.0 Å². The molecule has 0 saturated heterocycles. The largest absolute Gasteiger partial charge is 0.489 e. The van der Waals surface area contributed by atoms with Gasteiger partial charge in [0.2, 0.25) is 11.8 Å². The zero-order valence-corrected chi connectivity index (χ0v) is 24.8. The zero-order chi connectivity index (χ0) is 31.9. The van der Waals surface area contributed by atoms with E-state index in [0.717, 1.165) is 11.1 Å². The average molecular weight is 611 g/mol. The lowest BCUT2D eigenvalue weighted by Crippen LogP contribution is -2.35. The highest BCUT2D eigenvalue weighted by molar-refractivity contribution is 5.92. The van der Waals surface area contributed by atoms with Gasteiger partial charge in [-0.25, -0.2) is 0 Å². The Balaban J connectivity index is 1.57. The first-order chi connectivity index (χ1) is 21.7. The second-order valence-electron chi connectivity index (χ2n) is 10.9. The molecule has 2 amide bonds. The van der Waals surface area contributed by atoms with Crippen molar-refractivity contribution in [3.63, 3.8) is 0 Å². The van der Waals surface area contributed by atoms with Gasteiger partial charge in [-0.3, -0.25) is 9.59 Å². The molecule has 45 heavy (non-hydrogen) atoms. The van der Waals surface area contributed by atoms with Gasteiger partial charge in [-0.15, -0.1) is 0 Å². The van der Waals surface area contributed by atoms with Crippen LogP contribution in [0.1, 0.15) is 53.1 Å². The number of nitrogens with one attached hydrogen (secondary N) is 2. The number of carbonyl (C=O) groups is 2. The molecule has 0 fully saturated rings. The Bertz CT molecular complexity index is 1710. The van der Waals surface area contributed by atoms with Crippen LogP contribution in [0.25, 0.3) is 0 Å². The second kappa shape index (κ2) is 13.9. The van der Waals surface area contributed by atoms with Crippen molar-refractivity contribution >= 4 is 23.2 Å². The third-order valence-electron chi connectivity index (χ3n) is 7.54.